The van der Waals surface area contributed by atoms with Crippen molar-refractivity contribution in [3.63, 3.8) is 0 Å². The Kier molecular flexibility index (Phi) is 1.28. The van der Waals surface area contributed by atoms with E-state index in [9.17, 15) is 0 Å². The SMILES string of the molecule is OC1=CN=C2C=CC=CN2C1. The van der Waals surface area contributed by atoms with Gasteiger partial charge in [0.25, 0.3) is 0 Å². The van der Waals surface area contributed by atoms with Crippen LogP contribution < -0.4 is 0 Å². The molecule has 0 aromatic rings. The maximum absolute atomic E-state index is 9.10. The first-order chi connectivity index (χ1) is 5.36. The van der Waals surface area contributed by atoms with Crippen molar-refractivity contribution >= 4 is 5.84 Å². The van der Waals surface area contributed by atoms with E-state index in [1.54, 1.807) is 0 Å². The summed E-state index contributed by atoms with van der Waals surface area (Å²) in [6.45, 7) is 0.527. The Labute approximate surface area is 64.7 Å². The number of allylic oxidation sites excluding steroid dienone is 2. The smallest absolute Gasteiger partial charge is 0.133 e. The van der Waals surface area contributed by atoms with Crippen LogP contribution in [-0.2, 0) is 0 Å². The molecule has 0 saturated carbocycles. The van der Waals surface area contributed by atoms with Crippen LogP contribution in [0.2, 0.25) is 0 Å². The molecule has 0 amide bonds. The molecule has 56 valence electrons. The summed E-state index contributed by atoms with van der Waals surface area (Å²) in [5.74, 6) is 1.18. The minimum Gasteiger partial charge on any atom is -0.509 e. The number of fused-ring (bicyclic) bond motifs is 1. The number of hydrogen-bond acceptors (Lipinski definition) is 3. The van der Waals surface area contributed by atoms with Gasteiger partial charge >= 0.3 is 0 Å². The quantitative estimate of drug-likeness (QED) is 0.560. The highest BCUT2D eigenvalue weighted by atomic mass is 16.3. The zero-order valence-electron chi connectivity index (χ0n) is 5.94. The molecule has 2 heterocycles. The third-order valence-corrected chi connectivity index (χ3v) is 1.59. The van der Waals surface area contributed by atoms with Crippen molar-refractivity contribution in [2.24, 2.45) is 4.99 Å². The van der Waals surface area contributed by atoms with Crippen LogP contribution in [0.15, 0.2) is 41.4 Å². The Balaban J connectivity index is 2.33. The summed E-state index contributed by atoms with van der Waals surface area (Å²) in [4.78, 5) is 5.91. The van der Waals surface area contributed by atoms with E-state index in [-0.39, 0.29) is 0 Å². The van der Waals surface area contributed by atoms with Crippen molar-refractivity contribution < 1.29 is 5.11 Å². The summed E-state index contributed by atoms with van der Waals surface area (Å²) < 4.78 is 0. The van der Waals surface area contributed by atoms with Crippen LogP contribution >= 0.6 is 0 Å². The summed E-state index contributed by atoms with van der Waals surface area (Å²) in [7, 11) is 0. The lowest BCUT2D eigenvalue weighted by molar-refractivity contribution is 0.358. The van der Waals surface area contributed by atoms with Gasteiger partial charge in [-0.3, -0.25) is 0 Å². The van der Waals surface area contributed by atoms with Crippen LogP contribution in [0.5, 0.6) is 0 Å². The highest BCUT2D eigenvalue weighted by Gasteiger charge is 2.12. The summed E-state index contributed by atoms with van der Waals surface area (Å²) in [5, 5.41) is 9.10. The topological polar surface area (TPSA) is 35.8 Å². The first kappa shape index (κ1) is 6.22. The maximum atomic E-state index is 9.10. The van der Waals surface area contributed by atoms with Crippen molar-refractivity contribution in [1.29, 1.82) is 0 Å². The van der Waals surface area contributed by atoms with E-state index >= 15 is 0 Å². The van der Waals surface area contributed by atoms with Crippen molar-refractivity contribution in [3.8, 4) is 0 Å². The molecule has 0 fully saturated rings. The molecule has 0 saturated heterocycles. The molecule has 0 aromatic heterocycles. The van der Waals surface area contributed by atoms with E-state index in [1.807, 2.05) is 29.3 Å². The second-order valence-electron chi connectivity index (χ2n) is 2.44. The summed E-state index contributed by atoms with van der Waals surface area (Å²) in [6.07, 6.45) is 9.11. The van der Waals surface area contributed by atoms with Crippen LogP contribution in [0.1, 0.15) is 0 Å². The first-order valence-electron chi connectivity index (χ1n) is 3.43. The fraction of sp³-hybridized carbons (Fsp3) is 0.125. The third kappa shape index (κ3) is 1.05. The van der Waals surface area contributed by atoms with Crippen LogP contribution in [0.3, 0.4) is 0 Å². The molecule has 1 N–H and O–H groups in total. The molecule has 3 nitrogen and oxygen atoms in total. The van der Waals surface area contributed by atoms with E-state index in [0.29, 0.717) is 12.3 Å². The number of hydrogen-bond donors (Lipinski definition) is 1. The summed E-state index contributed by atoms with van der Waals surface area (Å²) in [6, 6.07) is 0. The molecule has 0 unspecified atom stereocenters. The van der Waals surface area contributed by atoms with Gasteiger partial charge < -0.3 is 10.0 Å². The van der Waals surface area contributed by atoms with Crippen LogP contribution in [0.25, 0.3) is 0 Å². The fourth-order valence-corrected chi connectivity index (χ4v) is 1.07. The number of aliphatic hydroxyl groups is 1. The van der Waals surface area contributed by atoms with Crippen molar-refractivity contribution in [3.05, 3.63) is 36.4 Å². The first-order valence-corrected chi connectivity index (χ1v) is 3.43. The Morgan fingerprint density at radius 2 is 2.36 bits per heavy atom. The molecule has 2 aliphatic rings. The van der Waals surface area contributed by atoms with Crippen LogP contribution in [-0.4, -0.2) is 22.4 Å². The lowest BCUT2D eigenvalue weighted by Crippen LogP contribution is -2.29. The molecule has 0 spiro atoms. The van der Waals surface area contributed by atoms with Gasteiger partial charge in [0, 0.05) is 6.20 Å². The van der Waals surface area contributed by atoms with Gasteiger partial charge in [0.15, 0.2) is 0 Å². The Bertz CT molecular complexity index is 286. The van der Waals surface area contributed by atoms with E-state index < -0.39 is 0 Å². The van der Waals surface area contributed by atoms with E-state index in [2.05, 4.69) is 4.99 Å². The molecular weight excluding hydrogens is 140 g/mol. The Morgan fingerprint density at radius 1 is 1.45 bits per heavy atom. The van der Waals surface area contributed by atoms with Crippen LogP contribution in [0, 0.1) is 0 Å². The summed E-state index contributed by atoms with van der Waals surface area (Å²) in [5.41, 5.74) is 0. The van der Waals surface area contributed by atoms with Crippen molar-refractivity contribution in [2.45, 2.75) is 0 Å². The number of rotatable bonds is 0. The third-order valence-electron chi connectivity index (χ3n) is 1.59. The number of amidine groups is 1. The molecular formula is C8H8N2O. The highest BCUT2D eigenvalue weighted by Crippen LogP contribution is 2.10. The number of aliphatic hydroxyl groups excluding tert-OH is 1. The molecule has 3 heteroatoms. The lowest BCUT2D eigenvalue weighted by atomic mass is 10.3. The minimum atomic E-state index is 0.300. The van der Waals surface area contributed by atoms with Gasteiger partial charge in [-0.25, -0.2) is 4.99 Å². The minimum absolute atomic E-state index is 0.300. The molecule has 0 atom stereocenters. The molecule has 2 aliphatic heterocycles. The zero-order chi connectivity index (χ0) is 7.68. The van der Waals surface area contributed by atoms with Crippen molar-refractivity contribution in [1.82, 2.24) is 4.90 Å². The second-order valence-corrected chi connectivity index (χ2v) is 2.44. The van der Waals surface area contributed by atoms with Gasteiger partial charge in [-0.2, -0.15) is 0 Å². The molecule has 2 rings (SSSR count). The Morgan fingerprint density at radius 3 is 3.27 bits per heavy atom. The molecule has 0 radical (unpaired) electrons. The molecule has 0 bridgehead atoms. The molecule has 0 aliphatic carbocycles. The average molecular weight is 148 g/mol. The standard InChI is InChI=1S/C8H8N2O/c11-7-5-9-8-3-1-2-4-10(8)6-7/h1-5,11H,6H2. The predicted molar refractivity (Wildman–Crippen MR) is 43.1 cm³/mol. The summed E-state index contributed by atoms with van der Waals surface area (Å²) >= 11 is 0. The molecule has 0 aromatic carbocycles. The van der Waals surface area contributed by atoms with Crippen LogP contribution in [0.4, 0.5) is 0 Å². The Hall–Kier alpha value is -1.51. The van der Waals surface area contributed by atoms with Gasteiger partial charge in [0.1, 0.15) is 11.6 Å². The maximum Gasteiger partial charge on any atom is 0.133 e. The van der Waals surface area contributed by atoms with Gasteiger partial charge in [0.2, 0.25) is 0 Å². The van der Waals surface area contributed by atoms with E-state index in [4.69, 9.17) is 5.11 Å². The van der Waals surface area contributed by atoms with Gasteiger partial charge in [-0.1, -0.05) is 6.08 Å². The zero-order valence-corrected chi connectivity index (χ0v) is 5.94. The number of aliphatic imine (C=N–C) groups is 1. The highest BCUT2D eigenvalue weighted by molar-refractivity contribution is 5.95. The van der Waals surface area contributed by atoms with Crippen molar-refractivity contribution in [2.75, 3.05) is 6.54 Å². The largest absolute Gasteiger partial charge is 0.509 e. The normalized spacial score (nSPS) is 20.9. The van der Waals surface area contributed by atoms with E-state index in [1.165, 1.54) is 6.20 Å². The lowest BCUT2D eigenvalue weighted by Gasteiger charge is -2.23. The van der Waals surface area contributed by atoms with E-state index in [0.717, 1.165) is 5.84 Å². The van der Waals surface area contributed by atoms with Gasteiger partial charge in [-0.15, -0.1) is 0 Å². The fourth-order valence-electron chi connectivity index (χ4n) is 1.07. The van der Waals surface area contributed by atoms with Gasteiger partial charge in [-0.05, 0) is 12.2 Å². The predicted octanol–water partition coefficient (Wildman–Crippen LogP) is 1.18. The monoisotopic (exact) mass is 148 g/mol. The second kappa shape index (κ2) is 2.27. The van der Waals surface area contributed by atoms with Gasteiger partial charge in [0.05, 0.1) is 12.7 Å². The number of nitrogens with zero attached hydrogens (tertiary/aromatic N) is 2. The average Bonchev–Trinajstić information content (AvgIpc) is 2.04. The molecule has 11 heavy (non-hydrogen) atoms.